The standard InChI is InChI=1S/B.Mg.Na.Ti. The predicted molar refractivity (Wildman–Crippen MR) is 17.3 cm³/mol. The Balaban J connectivity index is 0. The molecule has 0 N–H and O–H groups in total. The van der Waals surface area contributed by atoms with E-state index in [0.717, 1.165) is 0 Å². The van der Waals surface area contributed by atoms with Gasteiger partial charge in [0.1, 0.15) is 0 Å². The number of hydrogen-bond donors (Lipinski definition) is 0. The minimum absolute atomic E-state index is 0. The van der Waals surface area contributed by atoms with Crippen LogP contribution in [-0.2, 0) is 21.7 Å². The minimum atomic E-state index is 0. The molecule has 0 saturated carbocycles. The first-order chi connectivity index (χ1) is 0. The van der Waals surface area contributed by atoms with Gasteiger partial charge in [-0.2, -0.15) is 0 Å². The molecule has 6 radical (unpaired) electrons. The summed E-state index contributed by atoms with van der Waals surface area (Å²) >= 11 is 0. The average molecular weight is 106 g/mol. The van der Waals surface area contributed by atoms with Crippen LogP contribution in [-0.4, -0.2) is 61.0 Å². The van der Waals surface area contributed by atoms with Crippen LogP contribution in [0.25, 0.3) is 0 Å². The first kappa shape index (κ1) is 31.1. The average Bonchev–Trinajstić information content (AvgIpc) is 0. The van der Waals surface area contributed by atoms with E-state index in [1.807, 2.05) is 0 Å². The molecule has 0 fully saturated rings. The van der Waals surface area contributed by atoms with Gasteiger partial charge >= 0.3 is 0 Å². The van der Waals surface area contributed by atoms with E-state index in [-0.39, 0.29) is 82.7 Å². The maximum atomic E-state index is 0. The molecule has 0 aromatic rings. The maximum Gasteiger partial charge on any atom is 0 e. The van der Waals surface area contributed by atoms with E-state index in [1.165, 1.54) is 0 Å². The number of hydrogen-bond acceptors (Lipinski definition) is 0. The first-order valence-corrected chi connectivity index (χ1v) is 0. The second-order valence-electron chi connectivity index (χ2n) is 0. The largest absolute Gasteiger partial charge is 0 e. The molecule has 4 heavy (non-hydrogen) atoms. The van der Waals surface area contributed by atoms with Crippen LogP contribution in [0.2, 0.25) is 0 Å². The molecular weight excluding hydrogens is 106 g/mol. The summed E-state index contributed by atoms with van der Waals surface area (Å²) in [5.41, 5.74) is 0. The van der Waals surface area contributed by atoms with Crippen LogP contribution in [0.15, 0.2) is 0 Å². The molecule has 0 bridgehead atoms. The van der Waals surface area contributed by atoms with E-state index >= 15 is 0 Å². The SMILES string of the molecule is [B].[Mg].[Na].[Ti]. The summed E-state index contributed by atoms with van der Waals surface area (Å²) in [7, 11) is 0. The van der Waals surface area contributed by atoms with Crippen LogP contribution in [0.3, 0.4) is 0 Å². The molecule has 0 aliphatic heterocycles. The fraction of sp³-hybridized carbons (Fsp3) is 0. The molecule has 0 aromatic heterocycles. The Labute approximate surface area is 81.4 Å². The van der Waals surface area contributed by atoms with Crippen molar-refractivity contribution in [1.82, 2.24) is 0 Å². The van der Waals surface area contributed by atoms with Crippen molar-refractivity contribution in [2.45, 2.75) is 0 Å². The van der Waals surface area contributed by atoms with Gasteiger partial charge in [0, 0.05) is 82.7 Å². The van der Waals surface area contributed by atoms with Crippen molar-refractivity contribution in [2.75, 3.05) is 0 Å². The van der Waals surface area contributed by atoms with Gasteiger partial charge < -0.3 is 0 Å². The van der Waals surface area contributed by atoms with Crippen molar-refractivity contribution in [1.29, 1.82) is 0 Å². The molecule has 0 aliphatic carbocycles. The van der Waals surface area contributed by atoms with E-state index in [0.29, 0.717) is 0 Å². The number of rotatable bonds is 0. The molecule has 0 nitrogen and oxygen atoms in total. The molecule has 0 amide bonds. The Morgan fingerprint density at radius 3 is 1.00 bits per heavy atom. The third kappa shape index (κ3) is 8.82. The van der Waals surface area contributed by atoms with Gasteiger partial charge in [0.15, 0.2) is 0 Å². The van der Waals surface area contributed by atoms with Gasteiger partial charge in [-0.1, -0.05) is 0 Å². The molecule has 0 atom stereocenters. The summed E-state index contributed by atoms with van der Waals surface area (Å²) in [5, 5.41) is 0. The van der Waals surface area contributed by atoms with Crippen molar-refractivity contribution in [3.8, 4) is 0 Å². The van der Waals surface area contributed by atoms with Crippen molar-refractivity contribution in [3.63, 3.8) is 0 Å². The molecule has 0 rings (SSSR count). The monoisotopic (exact) mass is 106 g/mol. The molecule has 0 aromatic carbocycles. The van der Waals surface area contributed by atoms with Gasteiger partial charge in [0.05, 0.1) is 0 Å². The van der Waals surface area contributed by atoms with Gasteiger partial charge in [0.25, 0.3) is 0 Å². The molecule has 0 unspecified atom stereocenters. The molecule has 0 saturated heterocycles. The fourth-order valence-electron chi connectivity index (χ4n) is 0. The Kier molecular flexibility index (Phi) is 137. The Morgan fingerprint density at radius 2 is 1.00 bits per heavy atom. The first-order valence-electron chi connectivity index (χ1n) is 0. The van der Waals surface area contributed by atoms with Gasteiger partial charge in [-0.25, -0.2) is 0 Å². The normalized spacial score (nSPS) is 0. The van der Waals surface area contributed by atoms with Gasteiger partial charge in [-0.05, 0) is 0 Å². The van der Waals surface area contributed by atoms with Crippen molar-refractivity contribution >= 4 is 61.0 Å². The van der Waals surface area contributed by atoms with Crippen molar-refractivity contribution in [3.05, 3.63) is 0 Å². The predicted octanol–water partition coefficient (Wildman–Crippen LogP) is -1.14. The van der Waals surface area contributed by atoms with Crippen LogP contribution in [0.4, 0.5) is 0 Å². The van der Waals surface area contributed by atoms with E-state index in [2.05, 4.69) is 0 Å². The molecule has 0 heterocycles. The van der Waals surface area contributed by atoms with E-state index in [9.17, 15) is 0 Å². The van der Waals surface area contributed by atoms with Gasteiger partial charge in [-0.15, -0.1) is 0 Å². The minimum Gasteiger partial charge on any atom is 0 e. The topological polar surface area (TPSA) is 0 Å². The summed E-state index contributed by atoms with van der Waals surface area (Å²) in [6.07, 6.45) is 0. The van der Waals surface area contributed by atoms with Crippen LogP contribution >= 0.6 is 0 Å². The van der Waals surface area contributed by atoms with Crippen LogP contribution in [0, 0.1) is 0 Å². The Morgan fingerprint density at radius 1 is 1.00 bits per heavy atom. The smallest absolute Gasteiger partial charge is 0 e. The second-order valence-corrected chi connectivity index (χ2v) is 0. The maximum absolute atomic E-state index is 0. The second kappa shape index (κ2) is 17.7. The Hall–Kier alpha value is 2.55. The zero-order valence-corrected chi connectivity index (χ0v) is 7.76. The summed E-state index contributed by atoms with van der Waals surface area (Å²) in [6.45, 7) is 0. The molecule has 0 spiro atoms. The van der Waals surface area contributed by atoms with Crippen molar-refractivity contribution in [2.24, 2.45) is 0 Å². The summed E-state index contributed by atoms with van der Waals surface area (Å²) < 4.78 is 0. The van der Waals surface area contributed by atoms with Crippen LogP contribution in [0.5, 0.6) is 0 Å². The van der Waals surface area contributed by atoms with Crippen LogP contribution < -0.4 is 0 Å². The quantitative estimate of drug-likeness (QED) is 0.342. The summed E-state index contributed by atoms with van der Waals surface area (Å²) in [5.74, 6) is 0. The zero-order chi connectivity index (χ0) is 0. The van der Waals surface area contributed by atoms with Crippen molar-refractivity contribution < 1.29 is 21.7 Å². The van der Waals surface area contributed by atoms with Crippen LogP contribution in [0.1, 0.15) is 0 Å². The molecule has 4 heteroatoms. The van der Waals surface area contributed by atoms with E-state index in [4.69, 9.17) is 0 Å². The molecule has 0 aliphatic rings. The van der Waals surface area contributed by atoms with E-state index < -0.39 is 0 Å². The van der Waals surface area contributed by atoms with Gasteiger partial charge in [-0.3, -0.25) is 0 Å². The molecular formula is BMgNaTi. The fourth-order valence-corrected chi connectivity index (χ4v) is 0. The summed E-state index contributed by atoms with van der Waals surface area (Å²) in [4.78, 5) is 0. The Bertz CT molecular complexity index is 8.00. The third-order valence-corrected chi connectivity index (χ3v) is 0. The van der Waals surface area contributed by atoms with E-state index in [1.54, 1.807) is 0 Å². The zero-order valence-electron chi connectivity index (χ0n) is 2.78. The van der Waals surface area contributed by atoms with Gasteiger partial charge in [0.2, 0.25) is 0 Å². The third-order valence-electron chi connectivity index (χ3n) is 0. The summed E-state index contributed by atoms with van der Waals surface area (Å²) in [6, 6.07) is 0. The molecule has 10 valence electrons.